The van der Waals surface area contributed by atoms with Crippen LogP contribution in [-0.2, 0) is 14.6 Å². The van der Waals surface area contributed by atoms with Crippen molar-refractivity contribution in [1.82, 2.24) is 0 Å². The molecule has 0 aliphatic heterocycles. The molecule has 1 atom stereocenters. The van der Waals surface area contributed by atoms with Crippen molar-refractivity contribution in [3.63, 3.8) is 0 Å². The number of hydrogen-bond donors (Lipinski definition) is 1. The molecule has 0 aromatic rings. The molecule has 0 saturated carbocycles. The smallest absolute Gasteiger partial charge is 0.264 e. The second-order valence-electron chi connectivity index (χ2n) is 2.44. The largest absolute Gasteiger partial charge is 0.397 e. The maximum Gasteiger partial charge on any atom is 0.397 e. The SMILES string of the molecule is C=CC(CCCC)OS(=O)(=O)O. The lowest BCUT2D eigenvalue weighted by molar-refractivity contribution is 0.208. The van der Waals surface area contributed by atoms with Crippen molar-refractivity contribution in [2.24, 2.45) is 0 Å². The van der Waals surface area contributed by atoms with Gasteiger partial charge in [-0.3, -0.25) is 4.55 Å². The third-order valence-corrected chi connectivity index (χ3v) is 1.84. The van der Waals surface area contributed by atoms with E-state index >= 15 is 0 Å². The van der Waals surface area contributed by atoms with Crippen LogP contribution in [0.1, 0.15) is 26.2 Å². The van der Waals surface area contributed by atoms with E-state index in [1.54, 1.807) is 0 Å². The molecule has 0 aliphatic carbocycles. The van der Waals surface area contributed by atoms with Gasteiger partial charge < -0.3 is 0 Å². The normalized spacial score (nSPS) is 14.2. The Bertz CT molecular complexity index is 220. The van der Waals surface area contributed by atoms with Gasteiger partial charge in [-0.25, -0.2) is 4.18 Å². The minimum atomic E-state index is -4.34. The van der Waals surface area contributed by atoms with E-state index in [0.29, 0.717) is 6.42 Å². The maximum absolute atomic E-state index is 10.2. The summed E-state index contributed by atoms with van der Waals surface area (Å²) in [5.41, 5.74) is 0. The molecular formula is C7H14O4S. The first kappa shape index (κ1) is 11.6. The van der Waals surface area contributed by atoms with Crippen LogP contribution in [0, 0.1) is 0 Å². The van der Waals surface area contributed by atoms with Crippen LogP contribution < -0.4 is 0 Å². The van der Waals surface area contributed by atoms with Gasteiger partial charge in [-0.1, -0.05) is 25.8 Å². The molecule has 0 bridgehead atoms. The van der Waals surface area contributed by atoms with E-state index in [0.717, 1.165) is 12.8 Å². The molecule has 72 valence electrons. The lowest BCUT2D eigenvalue weighted by Crippen LogP contribution is -2.15. The summed E-state index contributed by atoms with van der Waals surface area (Å²) in [5, 5.41) is 0. The van der Waals surface area contributed by atoms with Crippen LogP contribution in [0.2, 0.25) is 0 Å². The van der Waals surface area contributed by atoms with Gasteiger partial charge in [0.25, 0.3) is 0 Å². The molecule has 0 aromatic carbocycles. The summed E-state index contributed by atoms with van der Waals surface area (Å²) in [4.78, 5) is 0. The fourth-order valence-corrected chi connectivity index (χ4v) is 1.25. The molecule has 0 amide bonds. The minimum Gasteiger partial charge on any atom is -0.264 e. The Morgan fingerprint density at radius 3 is 2.58 bits per heavy atom. The van der Waals surface area contributed by atoms with Crippen LogP contribution in [0.25, 0.3) is 0 Å². The van der Waals surface area contributed by atoms with Crippen molar-refractivity contribution in [3.8, 4) is 0 Å². The average Bonchev–Trinajstić information content (AvgIpc) is 1.95. The van der Waals surface area contributed by atoms with E-state index < -0.39 is 16.5 Å². The van der Waals surface area contributed by atoms with E-state index in [2.05, 4.69) is 10.8 Å². The highest BCUT2D eigenvalue weighted by Gasteiger charge is 2.12. The molecule has 0 fully saturated rings. The molecule has 12 heavy (non-hydrogen) atoms. The highest BCUT2D eigenvalue weighted by atomic mass is 32.3. The fourth-order valence-electron chi connectivity index (χ4n) is 0.767. The Balaban J connectivity index is 3.92. The van der Waals surface area contributed by atoms with Crippen molar-refractivity contribution >= 4 is 10.4 Å². The van der Waals surface area contributed by atoms with Crippen molar-refractivity contribution in [2.75, 3.05) is 0 Å². The lowest BCUT2D eigenvalue weighted by atomic mass is 10.2. The highest BCUT2D eigenvalue weighted by molar-refractivity contribution is 7.80. The molecule has 0 spiro atoms. The van der Waals surface area contributed by atoms with Gasteiger partial charge in [0.05, 0.1) is 6.10 Å². The van der Waals surface area contributed by atoms with Crippen molar-refractivity contribution in [3.05, 3.63) is 12.7 Å². The Hall–Kier alpha value is -0.390. The number of hydrogen-bond acceptors (Lipinski definition) is 3. The molecular weight excluding hydrogens is 180 g/mol. The van der Waals surface area contributed by atoms with Crippen molar-refractivity contribution in [2.45, 2.75) is 32.3 Å². The van der Waals surface area contributed by atoms with Gasteiger partial charge in [0.15, 0.2) is 0 Å². The van der Waals surface area contributed by atoms with E-state index in [1.165, 1.54) is 6.08 Å². The van der Waals surface area contributed by atoms with Gasteiger partial charge >= 0.3 is 10.4 Å². The number of unbranched alkanes of at least 4 members (excludes halogenated alkanes) is 1. The van der Waals surface area contributed by atoms with Crippen LogP contribution in [-0.4, -0.2) is 19.1 Å². The molecule has 0 aromatic heterocycles. The first-order chi connectivity index (χ1) is 5.49. The second-order valence-corrected chi connectivity index (χ2v) is 3.49. The van der Waals surface area contributed by atoms with E-state index in [4.69, 9.17) is 4.55 Å². The first-order valence-corrected chi connectivity index (χ1v) is 5.14. The molecule has 0 aliphatic rings. The second kappa shape index (κ2) is 5.29. The van der Waals surface area contributed by atoms with Gasteiger partial charge in [-0.2, -0.15) is 8.42 Å². The van der Waals surface area contributed by atoms with E-state index in [-0.39, 0.29) is 0 Å². The Morgan fingerprint density at radius 2 is 2.25 bits per heavy atom. The van der Waals surface area contributed by atoms with Crippen LogP contribution in [0.3, 0.4) is 0 Å². The summed E-state index contributed by atoms with van der Waals surface area (Å²) in [6.45, 7) is 5.38. The Kier molecular flexibility index (Phi) is 5.12. The summed E-state index contributed by atoms with van der Waals surface area (Å²) in [7, 11) is -4.34. The predicted octanol–water partition coefficient (Wildman–Crippen LogP) is 1.55. The molecule has 0 heterocycles. The summed E-state index contributed by atoms with van der Waals surface area (Å²) in [6.07, 6.45) is 3.09. The highest BCUT2D eigenvalue weighted by Crippen LogP contribution is 2.07. The zero-order valence-electron chi connectivity index (χ0n) is 7.06. The Labute approximate surface area is 73.2 Å². The van der Waals surface area contributed by atoms with Crippen molar-refractivity contribution in [1.29, 1.82) is 0 Å². The van der Waals surface area contributed by atoms with Crippen LogP contribution in [0.4, 0.5) is 0 Å². The molecule has 4 nitrogen and oxygen atoms in total. The van der Waals surface area contributed by atoms with Gasteiger partial charge in [-0.05, 0) is 6.42 Å². The van der Waals surface area contributed by atoms with Crippen LogP contribution in [0.5, 0.6) is 0 Å². The minimum absolute atomic E-state index is 0.555. The topological polar surface area (TPSA) is 63.6 Å². The maximum atomic E-state index is 10.2. The summed E-state index contributed by atoms with van der Waals surface area (Å²) < 4.78 is 33.1. The zero-order valence-corrected chi connectivity index (χ0v) is 7.88. The third-order valence-electron chi connectivity index (χ3n) is 1.35. The van der Waals surface area contributed by atoms with Crippen LogP contribution >= 0.6 is 0 Å². The molecule has 0 saturated heterocycles. The molecule has 0 radical (unpaired) electrons. The molecule has 1 unspecified atom stereocenters. The summed E-state index contributed by atoms with van der Waals surface area (Å²) in [6, 6.07) is 0. The first-order valence-electron chi connectivity index (χ1n) is 3.78. The molecule has 1 N–H and O–H groups in total. The van der Waals surface area contributed by atoms with Crippen molar-refractivity contribution < 1.29 is 17.2 Å². The van der Waals surface area contributed by atoms with Gasteiger partial charge in [0.2, 0.25) is 0 Å². The zero-order chi connectivity index (χ0) is 9.61. The average molecular weight is 194 g/mol. The monoisotopic (exact) mass is 194 g/mol. The molecule has 5 heteroatoms. The summed E-state index contributed by atoms with van der Waals surface area (Å²) in [5.74, 6) is 0. The fraction of sp³-hybridized carbons (Fsp3) is 0.714. The van der Waals surface area contributed by atoms with Crippen LogP contribution in [0.15, 0.2) is 12.7 Å². The Morgan fingerprint density at radius 1 is 1.67 bits per heavy atom. The van der Waals surface area contributed by atoms with E-state index in [1.807, 2.05) is 6.92 Å². The summed E-state index contributed by atoms with van der Waals surface area (Å²) >= 11 is 0. The van der Waals surface area contributed by atoms with Gasteiger partial charge in [-0.15, -0.1) is 6.58 Å². The van der Waals surface area contributed by atoms with E-state index in [9.17, 15) is 8.42 Å². The lowest BCUT2D eigenvalue weighted by Gasteiger charge is -2.09. The molecule has 0 rings (SSSR count). The number of rotatable bonds is 6. The third kappa shape index (κ3) is 6.33. The van der Waals surface area contributed by atoms with Gasteiger partial charge in [0, 0.05) is 0 Å². The predicted molar refractivity (Wildman–Crippen MR) is 46.1 cm³/mol. The quantitative estimate of drug-likeness (QED) is 0.514. The van der Waals surface area contributed by atoms with Gasteiger partial charge in [0.1, 0.15) is 0 Å². The standard InChI is InChI=1S/C7H14O4S/c1-3-5-6-7(4-2)11-12(8,9)10/h4,7H,2-3,5-6H2,1H3,(H,8,9,10).